The van der Waals surface area contributed by atoms with Crippen LogP contribution in [0.3, 0.4) is 0 Å². The first-order chi connectivity index (χ1) is 13.9. The lowest BCUT2D eigenvalue weighted by molar-refractivity contribution is -0.141. The molecular formula is C22H22N2O5. The molecule has 2 aliphatic rings. The van der Waals surface area contributed by atoms with Crippen LogP contribution in [0.2, 0.25) is 0 Å². The van der Waals surface area contributed by atoms with Crippen molar-refractivity contribution in [1.29, 1.82) is 0 Å². The molecule has 7 nitrogen and oxygen atoms in total. The number of carbonyl (C=O) groups excluding carboxylic acids is 2. The van der Waals surface area contributed by atoms with E-state index in [0.717, 1.165) is 24.1 Å². The van der Waals surface area contributed by atoms with Crippen LogP contribution in [0.15, 0.2) is 48.0 Å². The van der Waals surface area contributed by atoms with Crippen LogP contribution in [0.25, 0.3) is 17.0 Å². The third-order valence-electron chi connectivity index (χ3n) is 5.88. The van der Waals surface area contributed by atoms with Gasteiger partial charge in [-0.25, -0.2) is 0 Å². The molecule has 0 radical (unpaired) electrons. The fraction of sp³-hybridized carbons (Fsp3) is 0.318. The van der Waals surface area contributed by atoms with Crippen LogP contribution in [0.5, 0.6) is 0 Å². The summed E-state index contributed by atoms with van der Waals surface area (Å²) in [6, 6.07) is 12.0. The lowest BCUT2D eigenvalue weighted by atomic mass is 9.82. The van der Waals surface area contributed by atoms with Crippen LogP contribution in [0, 0.1) is 0 Å². The maximum atomic E-state index is 13.6. The second-order valence-electron chi connectivity index (χ2n) is 7.63. The molecule has 29 heavy (non-hydrogen) atoms. The molecule has 1 unspecified atom stereocenters. The largest absolute Gasteiger partial charge is 0.505 e. The average Bonchev–Trinajstić information content (AvgIpc) is 3.35. The quantitative estimate of drug-likeness (QED) is 0.691. The Kier molecular flexibility index (Phi) is 4.53. The van der Waals surface area contributed by atoms with E-state index < -0.39 is 35.0 Å². The normalized spacial score (nSPS) is 18.6. The number of ketones is 1. The number of hydrogen-bond acceptors (Lipinski definition) is 4. The number of fused-ring (bicyclic) bond motifs is 2. The zero-order chi connectivity index (χ0) is 20.8. The zero-order valence-corrected chi connectivity index (χ0v) is 16.0. The van der Waals surface area contributed by atoms with Crippen LogP contribution >= 0.6 is 0 Å². The Bertz CT molecular complexity index is 1030. The van der Waals surface area contributed by atoms with Gasteiger partial charge in [-0.2, -0.15) is 0 Å². The Balaban J connectivity index is 1.88. The van der Waals surface area contributed by atoms with Crippen molar-refractivity contribution in [2.24, 2.45) is 0 Å². The summed E-state index contributed by atoms with van der Waals surface area (Å²) >= 11 is 0. The topological polar surface area (TPSA) is 109 Å². The van der Waals surface area contributed by atoms with Crippen LogP contribution < -0.4 is 5.32 Å². The minimum atomic E-state index is -1.22. The number of hydrogen-bond donors (Lipinski definition) is 3. The molecule has 1 aromatic heterocycles. The van der Waals surface area contributed by atoms with Gasteiger partial charge in [-0.3, -0.25) is 14.4 Å². The summed E-state index contributed by atoms with van der Waals surface area (Å²) in [6.07, 6.45) is 2.79. The minimum Gasteiger partial charge on any atom is -0.505 e. The highest BCUT2D eigenvalue weighted by Gasteiger charge is 2.51. The number of aromatic nitrogens is 1. The van der Waals surface area contributed by atoms with Gasteiger partial charge in [0.2, 0.25) is 0 Å². The Morgan fingerprint density at radius 3 is 2.31 bits per heavy atom. The Labute approximate surface area is 167 Å². The van der Waals surface area contributed by atoms with Gasteiger partial charge < -0.3 is 20.1 Å². The summed E-state index contributed by atoms with van der Waals surface area (Å²) in [6.45, 7) is 1.31. The summed E-state index contributed by atoms with van der Waals surface area (Å²) in [4.78, 5) is 37.4. The van der Waals surface area contributed by atoms with E-state index in [1.807, 2.05) is 41.0 Å². The molecule has 1 spiro atoms. The third-order valence-corrected chi connectivity index (χ3v) is 5.88. The van der Waals surface area contributed by atoms with Crippen molar-refractivity contribution < 1.29 is 24.6 Å². The fourth-order valence-electron chi connectivity index (χ4n) is 4.44. The van der Waals surface area contributed by atoms with E-state index in [-0.39, 0.29) is 5.57 Å². The number of nitrogens with one attached hydrogen (secondary N) is 1. The maximum Gasteiger partial charge on any atom is 0.325 e. The second kappa shape index (κ2) is 6.92. The van der Waals surface area contributed by atoms with E-state index in [4.69, 9.17) is 5.11 Å². The smallest absolute Gasteiger partial charge is 0.325 e. The molecule has 2 aromatic rings. The van der Waals surface area contributed by atoms with Gasteiger partial charge >= 0.3 is 5.97 Å². The molecule has 3 N–H and O–H groups in total. The van der Waals surface area contributed by atoms with E-state index in [1.165, 1.54) is 6.92 Å². The van der Waals surface area contributed by atoms with E-state index in [1.54, 1.807) is 6.07 Å². The first kappa shape index (κ1) is 19.0. The van der Waals surface area contributed by atoms with Crippen molar-refractivity contribution in [3.05, 3.63) is 53.7 Å². The number of benzene rings is 1. The summed E-state index contributed by atoms with van der Waals surface area (Å²) in [5.41, 5.74) is 0.817. The monoisotopic (exact) mass is 394 g/mol. The summed E-state index contributed by atoms with van der Waals surface area (Å²) in [7, 11) is 0. The van der Waals surface area contributed by atoms with Crippen molar-refractivity contribution in [3.8, 4) is 11.3 Å². The molecule has 1 amide bonds. The van der Waals surface area contributed by atoms with Crippen LogP contribution in [-0.4, -0.2) is 38.5 Å². The summed E-state index contributed by atoms with van der Waals surface area (Å²) in [5.74, 6) is -2.94. The summed E-state index contributed by atoms with van der Waals surface area (Å²) < 4.78 is 1.87. The Morgan fingerprint density at radius 2 is 1.69 bits per heavy atom. The number of amides is 1. The lowest BCUT2D eigenvalue weighted by Crippen LogP contribution is -2.49. The first-order valence-electron chi connectivity index (χ1n) is 9.66. The number of aliphatic hydroxyl groups excluding tert-OH is 1. The molecule has 1 aliphatic heterocycles. The van der Waals surface area contributed by atoms with Crippen molar-refractivity contribution in [2.45, 2.75) is 44.2 Å². The van der Waals surface area contributed by atoms with Gasteiger partial charge in [0.25, 0.3) is 5.91 Å². The molecule has 150 valence electrons. The number of Topliss-reactive ketones (excluding diaryl/α,β-unsaturated/α-hetero) is 1. The van der Waals surface area contributed by atoms with E-state index >= 15 is 0 Å². The highest BCUT2D eigenvalue weighted by molar-refractivity contribution is 6.27. The number of carbonyl (C=O) groups is 3. The molecular weight excluding hydrogens is 372 g/mol. The van der Waals surface area contributed by atoms with Gasteiger partial charge in [-0.1, -0.05) is 43.2 Å². The van der Waals surface area contributed by atoms with Crippen molar-refractivity contribution in [3.63, 3.8) is 0 Å². The molecule has 1 fully saturated rings. The first-order valence-corrected chi connectivity index (χ1v) is 9.66. The molecule has 4 rings (SSSR count). The summed E-state index contributed by atoms with van der Waals surface area (Å²) in [5, 5.41) is 22.2. The van der Waals surface area contributed by atoms with Crippen molar-refractivity contribution in [1.82, 2.24) is 9.88 Å². The number of nitrogens with zero attached hydrogens (tertiary/aromatic N) is 1. The van der Waals surface area contributed by atoms with Gasteiger partial charge in [0.05, 0.1) is 5.69 Å². The Hall–Kier alpha value is -3.35. The molecule has 1 aromatic carbocycles. The SMILES string of the molecule is CC(NC(=O)C1=C(O)c2ccc(-c3ccccc3)n2C2(CCCC2)C1=O)C(=O)O. The van der Waals surface area contributed by atoms with Crippen molar-refractivity contribution in [2.75, 3.05) is 0 Å². The highest BCUT2D eigenvalue weighted by Crippen LogP contribution is 2.47. The minimum absolute atomic E-state index is 0.356. The molecule has 1 atom stereocenters. The van der Waals surface area contributed by atoms with Gasteiger partial charge in [-0.15, -0.1) is 0 Å². The Morgan fingerprint density at radius 1 is 1.07 bits per heavy atom. The number of carboxylic acids is 1. The van der Waals surface area contributed by atoms with Crippen LogP contribution in [0.1, 0.15) is 38.3 Å². The third kappa shape index (κ3) is 2.85. The maximum absolute atomic E-state index is 13.6. The zero-order valence-electron chi connectivity index (χ0n) is 16.0. The van der Waals surface area contributed by atoms with E-state index in [0.29, 0.717) is 18.5 Å². The van der Waals surface area contributed by atoms with E-state index in [2.05, 4.69) is 5.32 Å². The predicted octanol–water partition coefficient (Wildman–Crippen LogP) is 2.87. The molecule has 1 aliphatic carbocycles. The fourth-order valence-corrected chi connectivity index (χ4v) is 4.44. The second-order valence-corrected chi connectivity index (χ2v) is 7.63. The van der Waals surface area contributed by atoms with Crippen LogP contribution in [0.4, 0.5) is 0 Å². The molecule has 0 saturated heterocycles. The lowest BCUT2D eigenvalue weighted by Gasteiger charge is -2.37. The number of aliphatic carboxylic acids is 1. The van der Waals surface area contributed by atoms with Gasteiger partial charge in [0.15, 0.2) is 11.5 Å². The average molecular weight is 394 g/mol. The van der Waals surface area contributed by atoms with E-state index in [9.17, 15) is 19.5 Å². The van der Waals surface area contributed by atoms with Gasteiger partial charge in [-0.05, 0) is 37.5 Å². The molecule has 7 heteroatoms. The highest BCUT2D eigenvalue weighted by atomic mass is 16.4. The molecule has 2 heterocycles. The standard InChI is InChI=1S/C22H22N2O5/c1-13(21(28)29)23-20(27)17-18(25)16-10-9-15(14-7-3-2-4-8-14)24(16)22(19(17)26)11-5-6-12-22/h2-4,7-10,13,25H,5-6,11-12H2,1H3,(H,23,27)(H,28,29). The predicted molar refractivity (Wildman–Crippen MR) is 106 cm³/mol. The number of carboxylic acid groups (broad SMARTS) is 1. The number of rotatable bonds is 4. The molecule has 1 saturated carbocycles. The van der Waals surface area contributed by atoms with Crippen LogP contribution in [-0.2, 0) is 19.9 Å². The van der Waals surface area contributed by atoms with Gasteiger partial charge in [0.1, 0.15) is 17.2 Å². The number of aliphatic hydroxyl groups is 1. The van der Waals surface area contributed by atoms with Crippen molar-refractivity contribution >= 4 is 23.4 Å². The van der Waals surface area contributed by atoms with Gasteiger partial charge in [0, 0.05) is 5.69 Å². The molecule has 0 bridgehead atoms.